The van der Waals surface area contributed by atoms with Crippen molar-refractivity contribution in [2.75, 3.05) is 0 Å². The summed E-state index contributed by atoms with van der Waals surface area (Å²) in [4.78, 5) is 10.2. The number of carboxylic acid groups (broad SMARTS) is 1. The molecule has 0 saturated carbocycles. The second kappa shape index (κ2) is 17.7. The Labute approximate surface area is 137 Å². The van der Waals surface area contributed by atoms with E-state index in [2.05, 4.69) is 13.0 Å². The Bertz CT molecular complexity index is 327. The van der Waals surface area contributed by atoms with E-state index >= 15 is 0 Å². The molecule has 0 atom stereocenters. The van der Waals surface area contributed by atoms with Crippen LogP contribution in [0.25, 0.3) is 0 Å². The standard InChI is InChI=1S/C20H34O2/c1-2-3-4-5-6-7-8-9-10-11-12-13-14-15-16-17-18-19-20(21)22/h14-19H,2-13H2,1H3,(H,21,22)/i20+2. The summed E-state index contributed by atoms with van der Waals surface area (Å²) in [6.07, 6.45) is 26.7. The first-order valence-corrected chi connectivity index (χ1v) is 9.00. The smallest absolute Gasteiger partial charge is 0.328 e. The summed E-state index contributed by atoms with van der Waals surface area (Å²) in [5, 5.41) is 8.40. The van der Waals surface area contributed by atoms with Gasteiger partial charge in [0.15, 0.2) is 0 Å². The van der Waals surface area contributed by atoms with Crippen molar-refractivity contribution in [2.45, 2.75) is 84.0 Å². The Hall–Kier alpha value is -1.31. The predicted octanol–water partition coefficient (Wildman–Crippen LogP) is 6.44. The van der Waals surface area contributed by atoms with E-state index in [0.29, 0.717) is 0 Å². The zero-order valence-electron chi connectivity index (χ0n) is 14.3. The molecule has 0 aromatic carbocycles. The molecule has 22 heavy (non-hydrogen) atoms. The van der Waals surface area contributed by atoms with Gasteiger partial charge in [-0.2, -0.15) is 0 Å². The van der Waals surface area contributed by atoms with E-state index in [-0.39, 0.29) is 0 Å². The number of carbonyl (C=O) groups is 1. The van der Waals surface area contributed by atoms with Crippen molar-refractivity contribution in [3.05, 3.63) is 36.5 Å². The highest BCUT2D eigenvalue weighted by molar-refractivity contribution is 5.80. The Morgan fingerprint density at radius 2 is 1.23 bits per heavy atom. The fourth-order valence-corrected chi connectivity index (χ4v) is 2.37. The lowest BCUT2D eigenvalue weighted by Gasteiger charge is -2.01. The molecule has 0 bridgehead atoms. The first-order valence-electron chi connectivity index (χ1n) is 9.00. The third-order valence-corrected chi connectivity index (χ3v) is 3.68. The summed E-state index contributed by atoms with van der Waals surface area (Å²) in [6.45, 7) is 2.27. The molecule has 126 valence electrons. The van der Waals surface area contributed by atoms with Gasteiger partial charge in [-0.1, -0.05) is 102 Å². The van der Waals surface area contributed by atoms with Crippen LogP contribution in [0, 0.1) is 0 Å². The van der Waals surface area contributed by atoms with Crippen molar-refractivity contribution in [1.29, 1.82) is 0 Å². The average molecular weight is 308 g/mol. The van der Waals surface area contributed by atoms with Crippen molar-refractivity contribution in [3.63, 3.8) is 0 Å². The van der Waals surface area contributed by atoms with Crippen molar-refractivity contribution < 1.29 is 9.90 Å². The van der Waals surface area contributed by atoms with Gasteiger partial charge in [0.1, 0.15) is 0 Å². The minimum absolute atomic E-state index is 0.908. The molecular weight excluding hydrogens is 274 g/mol. The highest BCUT2D eigenvalue weighted by Gasteiger charge is 1.92. The van der Waals surface area contributed by atoms with Gasteiger partial charge in [0.05, 0.1) is 0 Å². The van der Waals surface area contributed by atoms with Gasteiger partial charge in [0, 0.05) is 6.08 Å². The van der Waals surface area contributed by atoms with Crippen molar-refractivity contribution in [1.82, 2.24) is 0 Å². The van der Waals surface area contributed by atoms with Gasteiger partial charge < -0.3 is 5.11 Å². The lowest BCUT2D eigenvalue weighted by atomic mass is 10.1. The molecule has 0 fully saturated rings. The summed E-state index contributed by atoms with van der Waals surface area (Å²) in [5.41, 5.74) is 0. The fourth-order valence-electron chi connectivity index (χ4n) is 2.37. The van der Waals surface area contributed by atoms with Gasteiger partial charge in [-0.3, -0.25) is 0 Å². The van der Waals surface area contributed by atoms with Crippen LogP contribution in [-0.4, -0.2) is 11.1 Å². The van der Waals surface area contributed by atoms with Crippen LogP contribution >= 0.6 is 0 Å². The van der Waals surface area contributed by atoms with Crippen LogP contribution in [0.2, 0.25) is 0 Å². The van der Waals surface area contributed by atoms with Crippen LogP contribution in [0.4, 0.5) is 0 Å². The zero-order chi connectivity index (χ0) is 16.3. The van der Waals surface area contributed by atoms with Crippen LogP contribution in [0.1, 0.15) is 84.0 Å². The SMILES string of the molecule is CCCCCCCCCCCCCC=CC=CC=C[14C](=O)O. The maximum Gasteiger partial charge on any atom is 0.328 e. The van der Waals surface area contributed by atoms with Crippen LogP contribution < -0.4 is 0 Å². The average Bonchev–Trinajstić information content (AvgIpc) is 2.50. The van der Waals surface area contributed by atoms with Crippen LogP contribution in [0.3, 0.4) is 0 Å². The molecule has 2 heteroatoms. The molecular formula is C20H34O2. The zero-order valence-corrected chi connectivity index (χ0v) is 14.3. The highest BCUT2D eigenvalue weighted by Crippen LogP contribution is 2.11. The molecule has 0 spiro atoms. The molecule has 0 aliphatic heterocycles. The highest BCUT2D eigenvalue weighted by atomic mass is 16.6. The quantitative estimate of drug-likeness (QED) is 0.215. The van der Waals surface area contributed by atoms with Gasteiger partial charge >= 0.3 is 5.97 Å². The second-order valence-electron chi connectivity index (χ2n) is 5.83. The number of unbranched alkanes of at least 4 members (excludes halogenated alkanes) is 11. The molecule has 0 aromatic heterocycles. The number of aliphatic carboxylic acids is 1. The molecule has 0 rings (SSSR count). The van der Waals surface area contributed by atoms with Crippen molar-refractivity contribution >= 4 is 5.97 Å². The lowest BCUT2D eigenvalue weighted by Crippen LogP contribution is -1.84. The van der Waals surface area contributed by atoms with Gasteiger partial charge in [0.25, 0.3) is 0 Å². The van der Waals surface area contributed by atoms with E-state index in [0.717, 1.165) is 12.5 Å². The van der Waals surface area contributed by atoms with Gasteiger partial charge in [-0.05, 0) is 12.8 Å². The molecule has 0 unspecified atom stereocenters. The number of rotatable bonds is 15. The van der Waals surface area contributed by atoms with Gasteiger partial charge in [-0.15, -0.1) is 0 Å². The first-order chi connectivity index (χ1) is 10.8. The summed E-state index contributed by atoms with van der Waals surface area (Å²) >= 11 is 0. The Morgan fingerprint density at radius 3 is 1.77 bits per heavy atom. The number of allylic oxidation sites excluding steroid dienone is 5. The second-order valence-corrected chi connectivity index (χ2v) is 5.83. The molecule has 0 heterocycles. The molecule has 2 nitrogen and oxygen atoms in total. The summed E-state index contributed by atoms with van der Waals surface area (Å²) in [6, 6.07) is 0. The molecule has 0 aliphatic carbocycles. The maximum atomic E-state index is 10.2. The first kappa shape index (κ1) is 20.7. The lowest BCUT2D eigenvalue weighted by molar-refractivity contribution is -0.131. The molecule has 0 radical (unpaired) electrons. The number of carboxylic acids is 1. The van der Waals surface area contributed by atoms with Crippen LogP contribution in [0.15, 0.2) is 36.5 Å². The summed E-state index contributed by atoms with van der Waals surface area (Å²) in [7, 11) is 0. The monoisotopic (exact) mass is 308 g/mol. The predicted molar refractivity (Wildman–Crippen MR) is 96.1 cm³/mol. The minimum atomic E-state index is -0.908. The van der Waals surface area contributed by atoms with E-state index in [1.165, 1.54) is 76.7 Å². The third-order valence-electron chi connectivity index (χ3n) is 3.68. The van der Waals surface area contributed by atoms with E-state index < -0.39 is 5.97 Å². The minimum Gasteiger partial charge on any atom is -0.478 e. The molecule has 0 aromatic rings. The van der Waals surface area contributed by atoms with Gasteiger partial charge in [0.2, 0.25) is 0 Å². The molecule has 0 saturated heterocycles. The topological polar surface area (TPSA) is 37.3 Å². The van der Waals surface area contributed by atoms with Crippen LogP contribution in [-0.2, 0) is 4.79 Å². The molecule has 1 N–H and O–H groups in total. The van der Waals surface area contributed by atoms with E-state index in [4.69, 9.17) is 5.11 Å². The normalized spacial score (nSPS) is 12.0. The largest absolute Gasteiger partial charge is 0.478 e. The Balaban J connectivity index is 3.21. The summed E-state index contributed by atoms with van der Waals surface area (Å²) < 4.78 is 0. The van der Waals surface area contributed by atoms with Crippen LogP contribution in [0.5, 0.6) is 0 Å². The fraction of sp³-hybridized carbons (Fsp3) is 0.650. The number of hydrogen-bond acceptors (Lipinski definition) is 1. The van der Waals surface area contributed by atoms with Gasteiger partial charge in [-0.25, -0.2) is 4.79 Å². The Kier molecular flexibility index (Phi) is 16.7. The van der Waals surface area contributed by atoms with E-state index in [1.807, 2.05) is 12.2 Å². The Morgan fingerprint density at radius 1 is 0.727 bits per heavy atom. The molecule has 0 aliphatic rings. The third kappa shape index (κ3) is 18.7. The van der Waals surface area contributed by atoms with Crippen molar-refractivity contribution in [2.24, 2.45) is 0 Å². The summed E-state index contributed by atoms with van der Waals surface area (Å²) in [5.74, 6) is -0.908. The maximum absolute atomic E-state index is 10.2. The van der Waals surface area contributed by atoms with Crippen molar-refractivity contribution in [3.8, 4) is 0 Å². The van der Waals surface area contributed by atoms with E-state index in [9.17, 15) is 4.79 Å². The number of hydrogen-bond donors (Lipinski definition) is 1. The molecule has 0 amide bonds. The van der Waals surface area contributed by atoms with E-state index in [1.54, 1.807) is 6.08 Å².